The molecule has 6 nitrogen and oxygen atoms in total. The van der Waals surface area contributed by atoms with Gasteiger partial charge in [0.1, 0.15) is 22.8 Å². The Hall–Kier alpha value is -3.02. The number of hydrogen-bond donors (Lipinski definition) is 3. The van der Waals surface area contributed by atoms with Crippen molar-refractivity contribution in [3.8, 4) is 17.2 Å². The normalized spacial score (nSPS) is 12.4. The fourth-order valence-corrected chi connectivity index (χ4v) is 3.01. The molecule has 2 aromatic carbocycles. The number of benzene rings is 2. The highest BCUT2D eigenvalue weighted by Gasteiger charge is 2.14. The van der Waals surface area contributed by atoms with Crippen molar-refractivity contribution in [1.29, 1.82) is 0 Å². The Morgan fingerprint density at radius 1 is 1.00 bits per heavy atom. The lowest BCUT2D eigenvalue weighted by atomic mass is 9.98. The van der Waals surface area contributed by atoms with E-state index < -0.39 is 5.97 Å². The van der Waals surface area contributed by atoms with Crippen LogP contribution in [0.2, 0.25) is 0 Å². The molecule has 0 aromatic heterocycles. The summed E-state index contributed by atoms with van der Waals surface area (Å²) in [5.74, 6) is 0.365. The van der Waals surface area contributed by atoms with E-state index in [2.05, 4.69) is 25.8 Å². The molecule has 0 aliphatic rings. The molecule has 1 unspecified atom stereocenters. The molecule has 0 spiro atoms. The molecular weight excluding hydrogens is 382 g/mol. The van der Waals surface area contributed by atoms with E-state index in [9.17, 15) is 20.1 Å². The maximum Gasteiger partial charge on any atom is 0.341 e. The Bertz CT molecular complexity index is 876. The fourth-order valence-electron chi connectivity index (χ4n) is 3.01. The lowest BCUT2D eigenvalue weighted by molar-refractivity contribution is 0.0480. The van der Waals surface area contributed by atoms with Gasteiger partial charge in [-0.1, -0.05) is 40.0 Å². The second kappa shape index (κ2) is 11.2. The van der Waals surface area contributed by atoms with Gasteiger partial charge in [0.25, 0.3) is 0 Å². The summed E-state index contributed by atoms with van der Waals surface area (Å²) < 4.78 is 5.34. The zero-order valence-corrected chi connectivity index (χ0v) is 17.8. The molecular formula is C24H31NO5. The first-order valence-corrected chi connectivity index (χ1v) is 10.3. The maximum atomic E-state index is 12.4. The Balaban J connectivity index is 1.95. The largest absolute Gasteiger partial charge is 0.508 e. The fraction of sp³-hybridized carbons (Fsp3) is 0.417. The molecule has 0 fully saturated rings. The quantitative estimate of drug-likeness (QED) is 0.269. The van der Waals surface area contributed by atoms with Gasteiger partial charge in [0.05, 0.1) is 12.3 Å². The second-order valence-electron chi connectivity index (χ2n) is 8.06. The van der Waals surface area contributed by atoms with Crippen molar-refractivity contribution < 1.29 is 24.9 Å². The van der Waals surface area contributed by atoms with E-state index in [-0.39, 0.29) is 22.8 Å². The van der Waals surface area contributed by atoms with Crippen LogP contribution in [0.1, 0.15) is 62.4 Å². The molecule has 3 N–H and O–H groups in total. The molecule has 0 saturated heterocycles. The highest BCUT2D eigenvalue weighted by molar-refractivity contribution is 5.94. The Kier molecular flexibility index (Phi) is 8.71. The van der Waals surface area contributed by atoms with Gasteiger partial charge in [-0.2, -0.15) is 0 Å². The number of ether oxygens (including phenoxy) is 1. The SMILES string of the molecule is CC(C)CCCC(C)CCOC(=O)c1cc(N=Cc2cc(O)ccc2O)ccc1O. The van der Waals surface area contributed by atoms with Crippen molar-refractivity contribution in [2.75, 3.05) is 6.61 Å². The van der Waals surface area contributed by atoms with Crippen LogP contribution >= 0.6 is 0 Å². The zero-order chi connectivity index (χ0) is 22.1. The average Bonchev–Trinajstić information content (AvgIpc) is 2.69. The molecule has 30 heavy (non-hydrogen) atoms. The van der Waals surface area contributed by atoms with Crippen molar-refractivity contribution in [1.82, 2.24) is 0 Å². The highest BCUT2D eigenvalue weighted by atomic mass is 16.5. The molecule has 0 radical (unpaired) electrons. The van der Waals surface area contributed by atoms with Gasteiger partial charge in [-0.25, -0.2) is 4.79 Å². The first kappa shape index (κ1) is 23.3. The van der Waals surface area contributed by atoms with Gasteiger partial charge in [-0.05, 0) is 54.7 Å². The van der Waals surface area contributed by atoms with Crippen molar-refractivity contribution >= 4 is 17.9 Å². The summed E-state index contributed by atoms with van der Waals surface area (Å²) in [5.41, 5.74) is 0.778. The standard InChI is InChI=1S/C24H31NO5/c1-16(2)5-4-6-17(3)11-12-30-24(29)21-14-19(7-9-23(21)28)25-15-18-13-20(26)8-10-22(18)27/h7-10,13-17,26-28H,4-6,11-12H2,1-3H3. The van der Waals surface area contributed by atoms with Crippen LogP contribution in [0.4, 0.5) is 5.69 Å². The molecule has 0 bridgehead atoms. The zero-order valence-electron chi connectivity index (χ0n) is 17.8. The average molecular weight is 414 g/mol. The summed E-state index contributed by atoms with van der Waals surface area (Å²) in [4.78, 5) is 16.6. The van der Waals surface area contributed by atoms with Crippen molar-refractivity contribution in [3.63, 3.8) is 0 Å². The predicted octanol–water partition coefficient (Wildman–Crippen LogP) is 5.56. The summed E-state index contributed by atoms with van der Waals surface area (Å²) >= 11 is 0. The van der Waals surface area contributed by atoms with Gasteiger partial charge in [-0.15, -0.1) is 0 Å². The van der Waals surface area contributed by atoms with Crippen LogP contribution in [0.5, 0.6) is 17.2 Å². The Morgan fingerprint density at radius 3 is 2.47 bits per heavy atom. The third-order valence-electron chi connectivity index (χ3n) is 4.89. The van der Waals surface area contributed by atoms with E-state index in [4.69, 9.17) is 4.74 Å². The maximum absolute atomic E-state index is 12.4. The predicted molar refractivity (Wildman–Crippen MR) is 118 cm³/mol. The molecule has 162 valence electrons. The van der Waals surface area contributed by atoms with E-state index >= 15 is 0 Å². The molecule has 0 aliphatic heterocycles. The smallest absolute Gasteiger partial charge is 0.341 e. The second-order valence-corrected chi connectivity index (χ2v) is 8.06. The number of hydrogen-bond acceptors (Lipinski definition) is 6. The minimum absolute atomic E-state index is 0.00246. The lowest BCUT2D eigenvalue weighted by Crippen LogP contribution is -2.09. The van der Waals surface area contributed by atoms with E-state index in [1.165, 1.54) is 49.4 Å². The number of rotatable bonds is 10. The Labute approximate surface area is 177 Å². The number of phenolic OH excluding ortho intramolecular Hbond substituents is 3. The summed E-state index contributed by atoms with van der Waals surface area (Å²) in [5, 5.41) is 29.3. The molecule has 2 aromatic rings. The number of esters is 1. The number of nitrogens with zero attached hydrogens (tertiary/aromatic N) is 1. The number of carbonyl (C=O) groups excluding carboxylic acids is 1. The minimum atomic E-state index is -0.598. The van der Waals surface area contributed by atoms with Crippen LogP contribution in [-0.2, 0) is 4.74 Å². The van der Waals surface area contributed by atoms with Crippen LogP contribution in [-0.4, -0.2) is 34.1 Å². The first-order valence-electron chi connectivity index (χ1n) is 10.3. The molecule has 2 rings (SSSR count). The van der Waals surface area contributed by atoms with E-state index in [1.54, 1.807) is 6.07 Å². The summed E-state index contributed by atoms with van der Waals surface area (Å²) in [7, 11) is 0. The van der Waals surface area contributed by atoms with E-state index in [1.807, 2.05) is 0 Å². The summed E-state index contributed by atoms with van der Waals surface area (Å²) in [6.07, 6.45) is 5.62. The van der Waals surface area contributed by atoms with Crippen LogP contribution in [0.25, 0.3) is 0 Å². The lowest BCUT2D eigenvalue weighted by Gasteiger charge is -2.13. The summed E-state index contributed by atoms with van der Waals surface area (Å²) in [6, 6.07) is 8.45. The van der Waals surface area contributed by atoms with E-state index in [0.717, 1.165) is 12.8 Å². The number of aliphatic imine (C=N–C) groups is 1. The van der Waals surface area contributed by atoms with Crippen LogP contribution in [0, 0.1) is 11.8 Å². The van der Waals surface area contributed by atoms with Crippen LogP contribution in [0.15, 0.2) is 41.4 Å². The Morgan fingerprint density at radius 2 is 1.73 bits per heavy atom. The summed E-state index contributed by atoms with van der Waals surface area (Å²) in [6.45, 7) is 6.87. The number of phenols is 3. The topological polar surface area (TPSA) is 99.4 Å². The van der Waals surface area contributed by atoms with Gasteiger partial charge in [0, 0.05) is 11.8 Å². The van der Waals surface area contributed by atoms with Crippen molar-refractivity contribution in [2.45, 2.75) is 46.5 Å². The molecule has 1 atom stereocenters. The third-order valence-corrected chi connectivity index (χ3v) is 4.89. The van der Waals surface area contributed by atoms with Crippen molar-refractivity contribution in [2.24, 2.45) is 16.8 Å². The van der Waals surface area contributed by atoms with Gasteiger partial charge >= 0.3 is 5.97 Å². The van der Waals surface area contributed by atoms with Crippen LogP contribution in [0.3, 0.4) is 0 Å². The molecule has 0 amide bonds. The van der Waals surface area contributed by atoms with E-state index in [0.29, 0.717) is 29.7 Å². The first-order chi connectivity index (χ1) is 14.3. The molecule has 6 heteroatoms. The van der Waals surface area contributed by atoms with Crippen molar-refractivity contribution in [3.05, 3.63) is 47.5 Å². The molecule has 0 aliphatic carbocycles. The monoisotopic (exact) mass is 413 g/mol. The number of aromatic hydroxyl groups is 3. The van der Waals surface area contributed by atoms with Gasteiger partial charge < -0.3 is 20.1 Å². The van der Waals surface area contributed by atoms with Gasteiger partial charge in [0.2, 0.25) is 0 Å². The minimum Gasteiger partial charge on any atom is -0.508 e. The third kappa shape index (κ3) is 7.43. The van der Waals surface area contributed by atoms with Gasteiger partial charge in [-0.3, -0.25) is 4.99 Å². The van der Waals surface area contributed by atoms with Gasteiger partial charge in [0.15, 0.2) is 0 Å². The number of carbonyl (C=O) groups is 1. The molecule has 0 saturated carbocycles. The molecule has 0 heterocycles. The van der Waals surface area contributed by atoms with Crippen LogP contribution < -0.4 is 0 Å². The highest BCUT2D eigenvalue weighted by Crippen LogP contribution is 2.26.